The monoisotopic (exact) mass is 373 g/mol. The third-order valence-corrected chi connectivity index (χ3v) is 7.01. The summed E-state index contributed by atoms with van der Waals surface area (Å²) >= 11 is 0. The Hall–Kier alpha value is -2.45. The van der Waals surface area contributed by atoms with Crippen LogP contribution in [0.2, 0.25) is 0 Å². The lowest BCUT2D eigenvalue weighted by molar-refractivity contribution is 0.181. The summed E-state index contributed by atoms with van der Waals surface area (Å²) in [5.41, 5.74) is 2.37. The molecule has 3 atom stereocenters. The number of nitriles is 1. The molecular weight excluding hydrogens is 346 g/mol. The van der Waals surface area contributed by atoms with Crippen LogP contribution in [0.1, 0.15) is 31.2 Å². The molecule has 3 fully saturated rings. The lowest BCUT2D eigenvalue weighted by Crippen LogP contribution is -2.48. The fraction of sp³-hybridized carbons (Fsp3) is 0.522. The molecule has 28 heavy (non-hydrogen) atoms. The normalized spacial score (nSPS) is 27.1. The first kappa shape index (κ1) is 17.6. The van der Waals surface area contributed by atoms with E-state index in [0.29, 0.717) is 5.56 Å². The zero-order valence-electron chi connectivity index (χ0n) is 16.3. The van der Waals surface area contributed by atoms with Crippen LogP contribution in [-0.4, -0.2) is 47.8 Å². The Morgan fingerprint density at radius 2 is 1.82 bits per heavy atom. The summed E-state index contributed by atoms with van der Waals surface area (Å²) in [5.74, 6) is 3.67. The van der Waals surface area contributed by atoms with Crippen molar-refractivity contribution in [1.29, 1.82) is 5.26 Å². The van der Waals surface area contributed by atoms with Crippen molar-refractivity contribution in [2.45, 2.75) is 25.7 Å². The Bertz CT molecular complexity index is 866. The zero-order valence-corrected chi connectivity index (χ0v) is 16.3. The summed E-state index contributed by atoms with van der Waals surface area (Å²) in [6.07, 6.45) is 5.88. The van der Waals surface area contributed by atoms with E-state index < -0.39 is 0 Å². The number of benzene rings is 1. The quantitative estimate of drug-likeness (QED) is 0.820. The first-order valence-electron chi connectivity index (χ1n) is 10.6. The predicted molar refractivity (Wildman–Crippen MR) is 110 cm³/mol. The van der Waals surface area contributed by atoms with Gasteiger partial charge in [-0.2, -0.15) is 5.26 Å². The number of anilines is 1. The highest BCUT2D eigenvalue weighted by molar-refractivity contribution is 5.64. The number of rotatable bonds is 4. The van der Waals surface area contributed by atoms with Gasteiger partial charge in [-0.15, -0.1) is 10.2 Å². The minimum Gasteiger partial charge on any atom is -0.351 e. The molecule has 2 bridgehead atoms. The second-order valence-electron chi connectivity index (χ2n) is 8.67. The maximum absolute atomic E-state index is 9.67. The summed E-state index contributed by atoms with van der Waals surface area (Å²) in [6.45, 7) is 5.23. The SMILES string of the molecule is N#Cc1cc(-c2ccccc2)nnc1N1CCN(CC2CC3CCC2C3)CC1. The van der Waals surface area contributed by atoms with Gasteiger partial charge in [-0.05, 0) is 43.1 Å². The van der Waals surface area contributed by atoms with Crippen molar-refractivity contribution in [2.75, 3.05) is 37.6 Å². The average molecular weight is 374 g/mol. The van der Waals surface area contributed by atoms with E-state index >= 15 is 0 Å². The molecule has 0 spiro atoms. The van der Waals surface area contributed by atoms with E-state index in [2.05, 4.69) is 26.1 Å². The second kappa shape index (κ2) is 7.52. The molecule has 2 aliphatic carbocycles. The van der Waals surface area contributed by atoms with Crippen LogP contribution in [0.15, 0.2) is 36.4 Å². The third-order valence-electron chi connectivity index (χ3n) is 7.01. The number of piperazine rings is 1. The summed E-state index contributed by atoms with van der Waals surface area (Å²) < 4.78 is 0. The average Bonchev–Trinajstić information content (AvgIpc) is 3.38. The van der Waals surface area contributed by atoms with Crippen LogP contribution < -0.4 is 4.90 Å². The van der Waals surface area contributed by atoms with Crippen molar-refractivity contribution in [1.82, 2.24) is 15.1 Å². The van der Waals surface area contributed by atoms with Crippen LogP contribution in [0.25, 0.3) is 11.3 Å². The molecule has 1 aliphatic heterocycles. The van der Waals surface area contributed by atoms with Crippen molar-refractivity contribution < 1.29 is 0 Å². The molecule has 144 valence electrons. The minimum atomic E-state index is 0.621. The highest BCUT2D eigenvalue weighted by Gasteiger charge is 2.40. The topological polar surface area (TPSA) is 56.1 Å². The van der Waals surface area contributed by atoms with Gasteiger partial charge in [0, 0.05) is 38.3 Å². The molecular formula is C23H27N5. The molecule has 1 saturated heterocycles. The minimum absolute atomic E-state index is 0.621. The van der Waals surface area contributed by atoms with Crippen molar-refractivity contribution in [3.63, 3.8) is 0 Å². The lowest BCUT2D eigenvalue weighted by atomic mass is 9.88. The highest BCUT2D eigenvalue weighted by atomic mass is 15.3. The van der Waals surface area contributed by atoms with Gasteiger partial charge in [-0.1, -0.05) is 36.8 Å². The highest BCUT2D eigenvalue weighted by Crippen LogP contribution is 2.48. The van der Waals surface area contributed by atoms with Crippen LogP contribution in [0.4, 0.5) is 5.82 Å². The number of hydrogen-bond donors (Lipinski definition) is 0. The maximum atomic E-state index is 9.67. The van der Waals surface area contributed by atoms with E-state index in [0.717, 1.165) is 61.0 Å². The van der Waals surface area contributed by atoms with E-state index in [1.165, 1.54) is 32.2 Å². The fourth-order valence-electron chi connectivity index (χ4n) is 5.53. The standard InChI is InChI=1S/C23H27N5/c24-15-20-14-22(18-4-2-1-3-5-18)25-26-23(20)28-10-8-27(9-11-28)16-21-13-17-6-7-19(21)12-17/h1-5,14,17,19,21H,6-13,16H2. The van der Waals surface area contributed by atoms with Crippen molar-refractivity contribution >= 4 is 5.82 Å². The van der Waals surface area contributed by atoms with Gasteiger partial charge >= 0.3 is 0 Å². The van der Waals surface area contributed by atoms with Crippen LogP contribution in [0, 0.1) is 29.1 Å². The summed E-state index contributed by atoms with van der Waals surface area (Å²) in [4.78, 5) is 4.86. The van der Waals surface area contributed by atoms with Crippen molar-refractivity contribution in [3.8, 4) is 17.3 Å². The molecule has 1 aromatic heterocycles. The Labute approximate surface area is 167 Å². The zero-order chi connectivity index (χ0) is 18.9. The van der Waals surface area contributed by atoms with Crippen LogP contribution in [0.5, 0.6) is 0 Å². The smallest absolute Gasteiger partial charge is 0.169 e. The van der Waals surface area contributed by atoms with Gasteiger partial charge in [0.1, 0.15) is 6.07 Å². The molecule has 2 saturated carbocycles. The lowest BCUT2D eigenvalue weighted by Gasteiger charge is -2.37. The van der Waals surface area contributed by atoms with Crippen LogP contribution in [0.3, 0.4) is 0 Å². The van der Waals surface area contributed by atoms with Gasteiger partial charge in [0.2, 0.25) is 0 Å². The summed E-state index contributed by atoms with van der Waals surface area (Å²) in [5, 5.41) is 18.5. The maximum Gasteiger partial charge on any atom is 0.169 e. The van der Waals surface area contributed by atoms with E-state index in [1.54, 1.807) is 0 Å². The predicted octanol–water partition coefficient (Wildman–Crippen LogP) is 3.57. The van der Waals surface area contributed by atoms with E-state index in [-0.39, 0.29) is 0 Å². The molecule has 5 heteroatoms. The summed E-state index contributed by atoms with van der Waals surface area (Å²) in [7, 11) is 0. The van der Waals surface area contributed by atoms with Crippen LogP contribution >= 0.6 is 0 Å². The molecule has 3 aliphatic rings. The Balaban J connectivity index is 1.24. The molecule has 0 radical (unpaired) electrons. The van der Waals surface area contributed by atoms with Gasteiger partial charge in [0.25, 0.3) is 0 Å². The van der Waals surface area contributed by atoms with Crippen molar-refractivity contribution in [2.24, 2.45) is 17.8 Å². The molecule has 0 N–H and O–H groups in total. The molecule has 5 nitrogen and oxygen atoms in total. The van der Waals surface area contributed by atoms with Crippen LogP contribution in [-0.2, 0) is 0 Å². The Morgan fingerprint density at radius 1 is 1.00 bits per heavy atom. The number of aromatic nitrogens is 2. The molecule has 2 heterocycles. The Morgan fingerprint density at radius 3 is 2.50 bits per heavy atom. The van der Waals surface area contributed by atoms with Gasteiger partial charge in [0.15, 0.2) is 5.82 Å². The molecule has 1 aromatic carbocycles. The fourth-order valence-corrected chi connectivity index (χ4v) is 5.53. The first-order valence-corrected chi connectivity index (χ1v) is 10.6. The molecule has 3 unspecified atom stereocenters. The van der Waals surface area contributed by atoms with Gasteiger partial charge in [0.05, 0.1) is 11.3 Å². The second-order valence-corrected chi connectivity index (χ2v) is 8.67. The van der Waals surface area contributed by atoms with Crippen molar-refractivity contribution in [3.05, 3.63) is 42.0 Å². The number of nitrogens with zero attached hydrogens (tertiary/aromatic N) is 5. The van der Waals surface area contributed by atoms with Gasteiger partial charge in [-0.3, -0.25) is 4.90 Å². The largest absolute Gasteiger partial charge is 0.351 e. The van der Waals surface area contributed by atoms with Gasteiger partial charge < -0.3 is 4.90 Å². The molecule has 0 amide bonds. The Kier molecular flexibility index (Phi) is 4.74. The number of fused-ring (bicyclic) bond motifs is 2. The molecule has 2 aromatic rings. The molecule has 5 rings (SSSR count). The first-order chi connectivity index (χ1) is 13.8. The van der Waals surface area contributed by atoms with E-state index in [9.17, 15) is 5.26 Å². The van der Waals surface area contributed by atoms with E-state index in [4.69, 9.17) is 0 Å². The summed E-state index contributed by atoms with van der Waals surface area (Å²) in [6, 6.07) is 14.1. The van der Waals surface area contributed by atoms with E-state index in [1.807, 2.05) is 36.4 Å². The third kappa shape index (κ3) is 3.38. The number of hydrogen-bond acceptors (Lipinski definition) is 5. The van der Waals surface area contributed by atoms with Gasteiger partial charge in [-0.25, -0.2) is 0 Å².